The molecule has 0 radical (unpaired) electrons. The standard InChI is InChI=1S/C6H4.C6H6/c1-2-5-4-6(5)3-1;1-2-4-6-5-3-1/h1-4H;1-6H. The van der Waals surface area contributed by atoms with Crippen LogP contribution in [0.4, 0.5) is 0 Å². The van der Waals surface area contributed by atoms with E-state index >= 15 is 0 Å². The third-order valence-electron chi connectivity index (χ3n) is 1.78. The lowest BCUT2D eigenvalue weighted by Gasteiger charge is -1.69. The Morgan fingerprint density at radius 3 is 1.08 bits per heavy atom. The van der Waals surface area contributed by atoms with Gasteiger partial charge in [0.15, 0.2) is 0 Å². The van der Waals surface area contributed by atoms with Gasteiger partial charge in [0.25, 0.3) is 0 Å². The largest absolute Gasteiger partial charge is 0.0623 e. The minimum Gasteiger partial charge on any atom is -0.0623 e. The molecule has 3 rings (SSSR count). The summed E-state index contributed by atoms with van der Waals surface area (Å²) in [5.74, 6) is 0. The summed E-state index contributed by atoms with van der Waals surface area (Å²) in [5, 5.41) is 0. The van der Waals surface area contributed by atoms with Gasteiger partial charge in [-0.25, -0.2) is 0 Å². The first kappa shape index (κ1) is 7.11. The van der Waals surface area contributed by atoms with Crippen molar-refractivity contribution in [2.75, 3.05) is 0 Å². The molecule has 0 saturated carbocycles. The van der Waals surface area contributed by atoms with Gasteiger partial charge in [0, 0.05) is 0 Å². The lowest BCUT2D eigenvalue weighted by Crippen LogP contribution is -1.47. The number of hydrogen-bond donors (Lipinski definition) is 0. The number of hydrogen-bond acceptors (Lipinski definition) is 0. The summed E-state index contributed by atoms with van der Waals surface area (Å²) in [6, 6.07) is 20.5. The van der Waals surface area contributed by atoms with Crippen LogP contribution in [-0.4, -0.2) is 0 Å². The molecule has 0 heteroatoms. The van der Waals surface area contributed by atoms with Crippen molar-refractivity contribution >= 4 is 0 Å². The zero-order chi connectivity index (χ0) is 8.23. The molecule has 0 unspecified atom stereocenters. The first-order chi connectivity index (χ1) is 5.97. The van der Waals surface area contributed by atoms with Crippen LogP contribution < -0.4 is 0 Å². The molecule has 0 aliphatic heterocycles. The smallest absolute Gasteiger partial charge is 0.0178 e. The molecule has 2 aliphatic carbocycles. The van der Waals surface area contributed by atoms with E-state index in [1.807, 2.05) is 36.4 Å². The number of benzene rings is 2. The van der Waals surface area contributed by atoms with Crippen molar-refractivity contribution in [3.63, 3.8) is 0 Å². The second-order valence-corrected chi connectivity index (χ2v) is 2.74. The van der Waals surface area contributed by atoms with Crippen molar-refractivity contribution in [2.24, 2.45) is 0 Å². The molecular weight excluding hydrogens is 144 g/mol. The Bertz CT molecular complexity index is 305. The molecule has 12 heavy (non-hydrogen) atoms. The Balaban J connectivity index is 0.0000000939. The summed E-state index contributed by atoms with van der Waals surface area (Å²) >= 11 is 0. The second-order valence-electron chi connectivity index (χ2n) is 2.74. The van der Waals surface area contributed by atoms with E-state index in [1.54, 1.807) is 0 Å². The molecule has 0 saturated heterocycles. The summed E-state index contributed by atoms with van der Waals surface area (Å²) < 4.78 is 0. The summed E-state index contributed by atoms with van der Waals surface area (Å²) in [7, 11) is 0. The van der Waals surface area contributed by atoms with Gasteiger partial charge in [-0.15, -0.1) is 0 Å². The normalized spacial score (nSPS) is 9.67. The van der Waals surface area contributed by atoms with Gasteiger partial charge in [-0.2, -0.15) is 0 Å². The average molecular weight is 154 g/mol. The zero-order valence-electron chi connectivity index (χ0n) is 6.77. The van der Waals surface area contributed by atoms with Gasteiger partial charge in [-0.05, 0) is 17.2 Å². The summed E-state index contributed by atoms with van der Waals surface area (Å²) in [6.45, 7) is 0. The summed E-state index contributed by atoms with van der Waals surface area (Å²) in [6.07, 6.45) is 0. The van der Waals surface area contributed by atoms with E-state index in [1.165, 1.54) is 11.1 Å². The van der Waals surface area contributed by atoms with Crippen molar-refractivity contribution in [3.8, 4) is 11.1 Å². The van der Waals surface area contributed by atoms with Crippen LogP contribution in [0.3, 0.4) is 0 Å². The molecule has 0 amide bonds. The van der Waals surface area contributed by atoms with Crippen LogP contribution in [0.25, 0.3) is 11.1 Å². The summed E-state index contributed by atoms with van der Waals surface area (Å²) in [5.41, 5.74) is 2.85. The molecule has 0 heterocycles. The van der Waals surface area contributed by atoms with Crippen LogP contribution in [0.15, 0.2) is 60.7 Å². The lowest BCUT2D eigenvalue weighted by molar-refractivity contribution is 1.72. The highest BCUT2D eigenvalue weighted by Gasteiger charge is 2.06. The van der Waals surface area contributed by atoms with E-state index in [2.05, 4.69) is 24.3 Å². The van der Waals surface area contributed by atoms with Crippen molar-refractivity contribution < 1.29 is 0 Å². The van der Waals surface area contributed by atoms with Gasteiger partial charge in [0.1, 0.15) is 0 Å². The molecule has 0 N–H and O–H groups in total. The fourth-order valence-electron chi connectivity index (χ4n) is 1.06. The Labute approximate surface area is 72.5 Å². The maximum atomic E-state index is 2.17. The predicted octanol–water partition coefficient (Wildman–Crippen LogP) is 3.35. The van der Waals surface area contributed by atoms with Gasteiger partial charge >= 0.3 is 0 Å². The highest BCUT2D eigenvalue weighted by molar-refractivity contribution is 5.80. The first-order valence-corrected chi connectivity index (χ1v) is 4.07. The first-order valence-electron chi connectivity index (χ1n) is 4.07. The molecule has 1 aromatic carbocycles. The van der Waals surface area contributed by atoms with E-state index in [-0.39, 0.29) is 0 Å². The Morgan fingerprint density at radius 1 is 0.500 bits per heavy atom. The monoisotopic (exact) mass is 154 g/mol. The fourth-order valence-corrected chi connectivity index (χ4v) is 1.06. The molecule has 0 aromatic heterocycles. The highest BCUT2D eigenvalue weighted by Crippen LogP contribution is 2.32. The Kier molecular flexibility index (Phi) is 1.91. The zero-order valence-corrected chi connectivity index (χ0v) is 6.77. The molecule has 0 fully saturated rings. The van der Waals surface area contributed by atoms with E-state index in [0.29, 0.717) is 0 Å². The molecule has 0 spiro atoms. The quantitative estimate of drug-likeness (QED) is 0.465. The van der Waals surface area contributed by atoms with E-state index in [0.717, 1.165) is 0 Å². The third-order valence-corrected chi connectivity index (χ3v) is 1.78. The van der Waals surface area contributed by atoms with Crippen LogP contribution in [0, 0.1) is 0 Å². The minimum absolute atomic E-state index is 1.43. The molecule has 2 aliphatic rings. The van der Waals surface area contributed by atoms with Crippen LogP contribution in [0.1, 0.15) is 0 Å². The maximum absolute atomic E-state index is 2.17. The molecule has 58 valence electrons. The molecule has 0 atom stereocenters. The molecule has 0 nitrogen and oxygen atoms in total. The van der Waals surface area contributed by atoms with Gasteiger partial charge in [0.2, 0.25) is 0 Å². The van der Waals surface area contributed by atoms with Crippen LogP contribution >= 0.6 is 0 Å². The molecule has 1 aromatic rings. The summed E-state index contributed by atoms with van der Waals surface area (Å²) in [4.78, 5) is 0. The van der Waals surface area contributed by atoms with Gasteiger partial charge in [-0.3, -0.25) is 0 Å². The lowest BCUT2D eigenvalue weighted by atomic mass is 10.4. The van der Waals surface area contributed by atoms with Crippen molar-refractivity contribution in [2.45, 2.75) is 0 Å². The number of fused-ring (bicyclic) bond motifs is 1. The van der Waals surface area contributed by atoms with Crippen molar-refractivity contribution in [3.05, 3.63) is 60.7 Å². The number of rotatable bonds is 0. The highest BCUT2D eigenvalue weighted by atomic mass is 14.1. The minimum atomic E-state index is 1.43. The predicted molar refractivity (Wildman–Crippen MR) is 51.9 cm³/mol. The fraction of sp³-hybridized carbons (Fsp3) is 0. The van der Waals surface area contributed by atoms with E-state index in [4.69, 9.17) is 0 Å². The second kappa shape index (κ2) is 3.22. The van der Waals surface area contributed by atoms with E-state index in [9.17, 15) is 0 Å². The van der Waals surface area contributed by atoms with Gasteiger partial charge < -0.3 is 0 Å². The maximum Gasteiger partial charge on any atom is -0.0178 e. The molecular formula is C12H10. The topological polar surface area (TPSA) is 0 Å². The average Bonchev–Trinajstić information content (AvgIpc) is 2.78. The molecule has 0 bridgehead atoms. The Morgan fingerprint density at radius 2 is 0.917 bits per heavy atom. The van der Waals surface area contributed by atoms with Crippen LogP contribution in [-0.2, 0) is 0 Å². The van der Waals surface area contributed by atoms with Crippen molar-refractivity contribution in [1.29, 1.82) is 0 Å². The SMILES string of the molecule is c1cc2cc-2c1.c1ccccc1. The van der Waals surface area contributed by atoms with Crippen LogP contribution in [0.5, 0.6) is 0 Å². The van der Waals surface area contributed by atoms with Gasteiger partial charge in [-0.1, -0.05) is 54.6 Å². The van der Waals surface area contributed by atoms with Crippen LogP contribution in [0.2, 0.25) is 0 Å². The van der Waals surface area contributed by atoms with E-state index < -0.39 is 0 Å². The third kappa shape index (κ3) is 1.73. The Hall–Kier alpha value is -1.56. The van der Waals surface area contributed by atoms with Crippen molar-refractivity contribution in [1.82, 2.24) is 0 Å². The van der Waals surface area contributed by atoms with Gasteiger partial charge in [0.05, 0.1) is 0 Å².